The zero-order chi connectivity index (χ0) is 19.5. The Kier molecular flexibility index (Phi) is 4.92. The molecule has 0 unspecified atom stereocenters. The third-order valence-electron chi connectivity index (χ3n) is 4.59. The molecule has 1 aliphatic heterocycles. The Morgan fingerprint density at radius 3 is 2.89 bits per heavy atom. The first-order chi connectivity index (χ1) is 13.6. The van der Waals surface area contributed by atoms with Crippen molar-refractivity contribution >= 4 is 23.2 Å². The van der Waals surface area contributed by atoms with Gasteiger partial charge in [0.1, 0.15) is 0 Å². The Bertz CT molecular complexity index is 968. The number of hydrogen-bond acceptors (Lipinski definition) is 5. The first-order valence-corrected chi connectivity index (χ1v) is 9.40. The van der Waals surface area contributed by atoms with E-state index in [4.69, 9.17) is 4.98 Å². The van der Waals surface area contributed by atoms with E-state index in [1.165, 1.54) is 0 Å². The van der Waals surface area contributed by atoms with Gasteiger partial charge in [-0.25, -0.2) is 9.78 Å². The lowest BCUT2D eigenvalue weighted by molar-refractivity contribution is 0.257. The molecule has 0 radical (unpaired) electrons. The van der Waals surface area contributed by atoms with Crippen molar-refractivity contribution in [2.45, 2.75) is 26.3 Å². The minimum Gasteiger partial charge on any atom is -0.382 e. The molecule has 3 aromatic rings. The Morgan fingerprint density at radius 2 is 2.14 bits per heavy atom. The van der Waals surface area contributed by atoms with Crippen LogP contribution in [0.4, 0.5) is 22.0 Å². The average Bonchev–Trinajstić information content (AvgIpc) is 3.10. The molecule has 0 atom stereocenters. The highest BCUT2D eigenvalue weighted by molar-refractivity contribution is 6.03. The molecule has 0 aromatic carbocycles. The van der Waals surface area contributed by atoms with Gasteiger partial charge >= 0.3 is 6.03 Å². The van der Waals surface area contributed by atoms with Crippen LogP contribution in [0.3, 0.4) is 0 Å². The summed E-state index contributed by atoms with van der Waals surface area (Å²) in [6.07, 6.45) is 7.91. The summed E-state index contributed by atoms with van der Waals surface area (Å²) in [4.78, 5) is 23.4. The van der Waals surface area contributed by atoms with E-state index in [1.807, 2.05) is 29.1 Å². The molecule has 8 nitrogen and oxygen atoms in total. The number of rotatable bonds is 3. The number of urea groups is 1. The molecule has 0 saturated carbocycles. The van der Waals surface area contributed by atoms with Gasteiger partial charge in [-0.15, -0.1) is 0 Å². The van der Waals surface area contributed by atoms with Crippen molar-refractivity contribution < 1.29 is 4.79 Å². The van der Waals surface area contributed by atoms with Gasteiger partial charge in [0.05, 0.1) is 29.5 Å². The summed E-state index contributed by atoms with van der Waals surface area (Å²) >= 11 is 0. The second-order valence-corrected chi connectivity index (χ2v) is 6.97. The fourth-order valence-electron chi connectivity index (χ4n) is 3.10. The molecule has 8 heteroatoms. The summed E-state index contributed by atoms with van der Waals surface area (Å²) < 4.78 is 1.90. The van der Waals surface area contributed by atoms with Crippen molar-refractivity contribution in [2.24, 2.45) is 0 Å². The van der Waals surface area contributed by atoms with Crippen molar-refractivity contribution in [1.82, 2.24) is 19.7 Å². The largest absolute Gasteiger partial charge is 0.382 e. The molecular weight excluding hydrogens is 354 g/mol. The molecule has 3 aromatic heterocycles. The van der Waals surface area contributed by atoms with Crippen molar-refractivity contribution in [2.75, 3.05) is 28.6 Å². The Morgan fingerprint density at radius 1 is 1.25 bits per heavy atom. The number of pyridine rings is 2. The van der Waals surface area contributed by atoms with Gasteiger partial charge in [-0.1, -0.05) is 0 Å². The van der Waals surface area contributed by atoms with Crippen LogP contribution in [-0.2, 0) is 0 Å². The number of amides is 2. The van der Waals surface area contributed by atoms with Gasteiger partial charge in [0.15, 0.2) is 5.82 Å². The summed E-state index contributed by atoms with van der Waals surface area (Å²) in [5.41, 5.74) is 3.21. The maximum Gasteiger partial charge on any atom is 0.327 e. The molecule has 0 aliphatic carbocycles. The first-order valence-electron chi connectivity index (χ1n) is 9.40. The van der Waals surface area contributed by atoms with Crippen molar-refractivity contribution in [3.05, 3.63) is 49.1 Å². The minimum absolute atomic E-state index is 0.222. The molecular formula is C20H23N7O. The van der Waals surface area contributed by atoms with E-state index in [9.17, 15) is 4.79 Å². The molecule has 28 heavy (non-hydrogen) atoms. The van der Waals surface area contributed by atoms with Crippen LogP contribution in [0.2, 0.25) is 0 Å². The van der Waals surface area contributed by atoms with Crippen molar-refractivity contribution in [3.8, 4) is 11.3 Å². The predicted molar refractivity (Wildman–Crippen MR) is 110 cm³/mol. The van der Waals surface area contributed by atoms with Gasteiger partial charge in [0.25, 0.3) is 0 Å². The normalized spacial score (nSPS) is 13.6. The molecule has 2 amide bonds. The highest BCUT2D eigenvalue weighted by Gasteiger charge is 2.23. The van der Waals surface area contributed by atoms with Gasteiger partial charge in [-0.2, -0.15) is 5.10 Å². The monoisotopic (exact) mass is 377 g/mol. The zero-order valence-electron chi connectivity index (χ0n) is 16.0. The minimum atomic E-state index is -0.222. The Labute approximate surface area is 163 Å². The second kappa shape index (κ2) is 7.67. The molecule has 0 bridgehead atoms. The maximum absolute atomic E-state index is 12.9. The third kappa shape index (κ3) is 3.66. The van der Waals surface area contributed by atoms with E-state index >= 15 is 0 Å². The molecule has 0 spiro atoms. The number of nitrogens with zero attached hydrogens (tertiary/aromatic N) is 5. The van der Waals surface area contributed by atoms with E-state index in [1.54, 1.807) is 29.6 Å². The highest BCUT2D eigenvalue weighted by Crippen LogP contribution is 2.30. The summed E-state index contributed by atoms with van der Waals surface area (Å²) in [7, 11) is 0. The number of fused-ring (bicyclic) bond motifs is 1. The van der Waals surface area contributed by atoms with Gasteiger partial charge in [0.2, 0.25) is 0 Å². The lowest BCUT2D eigenvalue weighted by Gasteiger charge is -2.22. The second-order valence-electron chi connectivity index (χ2n) is 6.97. The summed E-state index contributed by atoms with van der Waals surface area (Å²) in [6, 6.07) is 7.58. The van der Waals surface area contributed by atoms with Gasteiger partial charge in [-0.05, 0) is 44.5 Å². The first kappa shape index (κ1) is 18.0. The van der Waals surface area contributed by atoms with Crippen LogP contribution < -0.4 is 15.5 Å². The summed E-state index contributed by atoms with van der Waals surface area (Å²) in [5.74, 6) is 0.619. The van der Waals surface area contributed by atoms with Gasteiger partial charge in [0, 0.05) is 37.1 Å². The quantitative estimate of drug-likeness (QED) is 0.725. The smallest absolute Gasteiger partial charge is 0.327 e. The van der Waals surface area contributed by atoms with Gasteiger partial charge in [-0.3, -0.25) is 14.6 Å². The Balaban J connectivity index is 1.66. The zero-order valence-corrected chi connectivity index (χ0v) is 16.0. The van der Waals surface area contributed by atoms with Crippen molar-refractivity contribution in [1.29, 1.82) is 0 Å². The molecule has 0 fully saturated rings. The fourth-order valence-corrected chi connectivity index (χ4v) is 3.10. The molecule has 2 N–H and O–H groups in total. The van der Waals surface area contributed by atoms with Gasteiger partial charge < -0.3 is 10.6 Å². The Hall–Kier alpha value is -3.42. The number of anilines is 3. The number of carbonyl (C=O) groups excluding carboxylic acids is 1. The number of carbonyl (C=O) groups is 1. The van der Waals surface area contributed by atoms with E-state index in [0.29, 0.717) is 18.1 Å². The lowest BCUT2D eigenvalue weighted by Crippen LogP contribution is -2.36. The van der Waals surface area contributed by atoms with Crippen LogP contribution in [0.1, 0.15) is 26.3 Å². The number of hydrogen-bond donors (Lipinski definition) is 2. The molecule has 144 valence electrons. The van der Waals surface area contributed by atoms with Crippen molar-refractivity contribution in [3.63, 3.8) is 0 Å². The lowest BCUT2D eigenvalue weighted by atomic mass is 10.2. The SMILES string of the molecule is CC(C)n1cc(-c2ccc3c(n2)N(C(=O)Nc2cccnc2)CCCN3)cn1. The van der Waals surface area contributed by atoms with E-state index in [0.717, 1.165) is 29.9 Å². The molecule has 4 heterocycles. The predicted octanol–water partition coefficient (Wildman–Crippen LogP) is 3.78. The number of aromatic nitrogens is 4. The maximum atomic E-state index is 12.9. The van der Waals surface area contributed by atoms with Crippen LogP contribution >= 0.6 is 0 Å². The van der Waals surface area contributed by atoms with E-state index in [-0.39, 0.29) is 12.1 Å². The summed E-state index contributed by atoms with van der Waals surface area (Å²) in [6.45, 7) is 5.52. The number of nitrogens with one attached hydrogen (secondary N) is 2. The van der Waals surface area contributed by atoms with Crippen LogP contribution in [0, 0.1) is 0 Å². The van der Waals surface area contributed by atoms with Crippen LogP contribution in [0.25, 0.3) is 11.3 Å². The fraction of sp³-hybridized carbons (Fsp3) is 0.300. The molecule has 4 rings (SSSR count). The van der Waals surface area contributed by atoms with Crippen LogP contribution in [0.15, 0.2) is 49.1 Å². The molecule has 1 aliphatic rings. The van der Waals surface area contributed by atoms with E-state index in [2.05, 4.69) is 34.6 Å². The average molecular weight is 377 g/mol. The third-order valence-corrected chi connectivity index (χ3v) is 4.59. The van der Waals surface area contributed by atoms with Crippen LogP contribution in [0.5, 0.6) is 0 Å². The van der Waals surface area contributed by atoms with Crippen LogP contribution in [-0.4, -0.2) is 38.9 Å². The summed E-state index contributed by atoms with van der Waals surface area (Å²) in [5, 5.41) is 10.7. The standard InChI is InChI=1S/C20H23N7O/c1-14(2)27-13-15(11-23-27)17-6-7-18-19(25-17)26(10-4-9-22-18)20(28)24-16-5-3-8-21-12-16/h3,5-8,11-14,22H,4,9-10H2,1-2H3,(H,24,28). The topological polar surface area (TPSA) is 88.0 Å². The highest BCUT2D eigenvalue weighted by atomic mass is 16.2. The molecule has 0 saturated heterocycles. The van der Waals surface area contributed by atoms with E-state index < -0.39 is 0 Å².